The Morgan fingerprint density at radius 2 is 1.86 bits per heavy atom. The molecule has 0 bridgehead atoms. The Hall–Kier alpha value is -2.73. The lowest BCUT2D eigenvalue weighted by atomic mass is 10.1. The highest BCUT2D eigenvalue weighted by Gasteiger charge is 2.36. The SMILES string of the molecule is NCCCCC(N)C(=O)N1CCCC1C(=O)NCC(=O)NC(CC(N)=O)C(=O)O. The number of likely N-dealkylation sites (tertiary alicyclic amines) is 1. The van der Waals surface area contributed by atoms with Crippen molar-refractivity contribution in [1.82, 2.24) is 15.5 Å². The zero-order chi connectivity index (χ0) is 22.0. The average Bonchev–Trinajstić information content (AvgIpc) is 3.14. The Labute approximate surface area is 168 Å². The smallest absolute Gasteiger partial charge is 0.326 e. The lowest BCUT2D eigenvalue weighted by molar-refractivity contribution is -0.143. The molecule has 9 N–H and O–H groups in total. The number of hydrogen-bond acceptors (Lipinski definition) is 7. The first kappa shape index (κ1) is 24.3. The van der Waals surface area contributed by atoms with Gasteiger partial charge in [-0.05, 0) is 32.2 Å². The van der Waals surface area contributed by atoms with Crippen LogP contribution < -0.4 is 27.8 Å². The maximum atomic E-state index is 12.5. The molecule has 12 heteroatoms. The summed E-state index contributed by atoms with van der Waals surface area (Å²) in [5, 5.41) is 13.5. The van der Waals surface area contributed by atoms with E-state index >= 15 is 0 Å². The normalized spacial score (nSPS) is 18.0. The van der Waals surface area contributed by atoms with Crippen LogP contribution in [0.3, 0.4) is 0 Å². The van der Waals surface area contributed by atoms with E-state index in [1.807, 2.05) is 0 Å². The van der Waals surface area contributed by atoms with Crippen LogP contribution in [0.25, 0.3) is 0 Å². The molecule has 1 heterocycles. The van der Waals surface area contributed by atoms with Gasteiger partial charge in [-0.1, -0.05) is 6.42 Å². The van der Waals surface area contributed by atoms with E-state index in [1.54, 1.807) is 0 Å². The molecule has 1 aliphatic heterocycles. The second-order valence-electron chi connectivity index (χ2n) is 6.93. The standard InChI is InChI=1S/C17H30N6O6/c18-6-2-1-4-10(19)16(27)23-7-3-5-12(23)15(26)21-9-14(25)22-11(17(28)29)8-13(20)24/h10-12H,1-9,18-19H2,(H2,20,24)(H,21,26)(H,22,25)(H,28,29). The van der Waals surface area contributed by atoms with Crippen molar-refractivity contribution in [2.45, 2.75) is 56.7 Å². The van der Waals surface area contributed by atoms with E-state index in [2.05, 4.69) is 10.6 Å². The summed E-state index contributed by atoms with van der Waals surface area (Å²) in [6.45, 7) is 0.412. The molecule has 29 heavy (non-hydrogen) atoms. The number of aliphatic carboxylic acids is 1. The summed E-state index contributed by atoms with van der Waals surface area (Å²) >= 11 is 0. The van der Waals surface area contributed by atoms with E-state index < -0.39 is 54.8 Å². The van der Waals surface area contributed by atoms with Crippen molar-refractivity contribution in [2.75, 3.05) is 19.6 Å². The minimum Gasteiger partial charge on any atom is -0.480 e. The summed E-state index contributed by atoms with van der Waals surface area (Å²) in [5.74, 6) is -3.94. The number of hydrogen-bond donors (Lipinski definition) is 6. The Bertz CT molecular complexity index is 628. The summed E-state index contributed by atoms with van der Waals surface area (Å²) in [6.07, 6.45) is 2.44. The fraction of sp³-hybridized carbons (Fsp3) is 0.706. The Morgan fingerprint density at radius 3 is 2.45 bits per heavy atom. The van der Waals surface area contributed by atoms with E-state index in [1.165, 1.54) is 4.90 Å². The molecule has 0 radical (unpaired) electrons. The Balaban J connectivity index is 2.55. The molecule has 1 fully saturated rings. The molecule has 1 rings (SSSR count). The van der Waals surface area contributed by atoms with E-state index in [0.717, 1.165) is 6.42 Å². The average molecular weight is 414 g/mol. The molecule has 0 aromatic carbocycles. The van der Waals surface area contributed by atoms with Crippen molar-refractivity contribution >= 4 is 29.6 Å². The molecule has 164 valence electrons. The van der Waals surface area contributed by atoms with Crippen LogP contribution in [-0.4, -0.2) is 77.4 Å². The van der Waals surface area contributed by atoms with Gasteiger partial charge in [0.2, 0.25) is 23.6 Å². The van der Waals surface area contributed by atoms with Gasteiger partial charge >= 0.3 is 5.97 Å². The Morgan fingerprint density at radius 1 is 1.17 bits per heavy atom. The number of carboxylic acids is 1. The lowest BCUT2D eigenvalue weighted by Gasteiger charge is -2.26. The predicted molar refractivity (Wildman–Crippen MR) is 102 cm³/mol. The number of amides is 4. The second-order valence-corrected chi connectivity index (χ2v) is 6.93. The third-order valence-corrected chi connectivity index (χ3v) is 4.59. The van der Waals surface area contributed by atoms with Crippen LogP contribution in [0.4, 0.5) is 0 Å². The van der Waals surface area contributed by atoms with Gasteiger partial charge in [0.1, 0.15) is 12.1 Å². The third-order valence-electron chi connectivity index (χ3n) is 4.59. The van der Waals surface area contributed by atoms with Crippen LogP contribution in [0, 0.1) is 0 Å². The number of nitrogens with two attached hydrogens (primary N) is 3. The fourth-order valence-electron chi connectivity index (χ4n) is 3.08. The van der Waals surface area contributed by atoms with Gasteiger partial charge in [0.25, 0.3) is 0 Å². The van der Waals surface area contributed by atoms with Gasteiger partial charge in [-0.15, -0.1) is 0 Å². The van der Waals surface area contributed by atoms with Crippen molar-refractivity contribution in [1.29, 1.82) is 0 Å². The number of nitrogens with zero attached hydrogens (tertiary/aromatic N) is 1. The van der Waals surface area contributed by atoms with E-state index in [9.17, 15) is 24.0 Å². The van der Waals surface area contributed by atoms with Crippen molar-refractivity contribution in [3.8, 4) is 0 Å². The van der Waals surface area contributed by atoms with Crippen molar-refractivity contribution in [3.63, 3.8) is 0 Å². The quantitative estimate of drug-likeness (QED) is 0.181. The monoisotopic (exact) mass is 414 g/mol. The number of unbranched alkanes of at least 4 members (excludes halogenated alkanes) is 1. The topological polar surface area (TPSA) is 211 Å². The van der Waals surface area contributed by atoms with Crippen LogP contribution in [0.1, 0.15) is 38.5 Å². The number of carboxylic acid groups (broad SMARTS) is 1. The molecular formula is C17H30N6O6. The maximum Gasteiger partial charge on any atom is 0.326 e. The van der Waals surface area contributed by atoms with Crippen LogP contribution in [0.2, 0.25) is 0 Å². The molecule has 4 amide bonds. The first-order chi connectivity index (χ1) is 13.7. The van der Waals surface area contributed by atoms with Crippen LogP contribution in [0.5, 0.6) is 0 Å². The predicted octanol–water partition coefficient (Wildman–Crippen LogP) is -3.01. The first-order valence-corrected chi connectivity index (χ1v) is 9.51. The maximum absolute atomic E-state index is 12.5. The lowest BCUT2D eigenvalue weighted by Crippen LogP contribution is -2.53. The van der Waals surface area contributed by atoms with Gasteiger partial charge in [-0.2, -0.15) is 0 Å². The van der Waals surface area contributed by atoms with Crippen molar-refractivity contribution in [2.24, 2.45) is 17.2 Å². The highest BCUT2D eigenvalue weighted by molar-refractivity contribution is 5.93. The molecule has 1 aliphatic rings. The van der Waals surface area contributed by atoms with Gasteiger partial charge < -0.3 is 37.8 Å². The highest BCUT2D eigenvalue weighted by Crippen LogP contribution is 2.19. The van der Waals surface area contributed by atoms with Crippen LogP contribution in [-0.2, 0) is 24.0 Å². The summed E-state index contributed by atoms with van der Waals surface area (Å²) < 4.78 is 0. The molecule has 0 saturated carbocycles. The summed E-state index contributed by atoms with van der Waals surface area (Å²) in [4.78, 5) is 60.1. The van der Waals surface area contributed by atoms with E-state index in [-0.39, 0.29) is 5.91 Å². The number of rotatable bonds is 12. The molecular weight excluding hydrogens is 384 g/mol. The van der Waals surface area contributed by atoms with Gasteiger partial charge in [0, 0.05) is 6.54 Å². The van der Waals surface area contributed by atoms with Crippen molar-refractivity contribution < 1.29 is 29.1 Å². The number of nitrogens with one attached hydrogen (secondary N) is 2. The third kappa shape index (κ3) is 8.03. The van der Waals surface area contributed by atoms with Crippen LogP contribution in [0.15, 0.2) is 0 Å². The molecule has 0 aliphatic carbocycles. The van der Waals surface area contributed by atoms with Gasteiger partial charge in [-0.3, -0.25) is 19.2 Å². The molecule has 0 spiro atoms. The van der Waals surface area contributed by atoms with Crippen molar-refractivity contribution in [3.05, 3.63) is 0 Å². The fourth-order valence-corrected chi connectivity index (χ4v) is 3.08. The van der Waals surface area contributed by atoms with Crippen LogP contribution >= 0.6 is 0 Å². The second kappa shape index (κ2) is 12.0. The molecule has 3 atom stereocenters. The zero-order valence-electron chi connectivity index (χ0n) is 16.3. The summed E-state index contributed by atoms with van der Waals surface area (Å²) in [6, 6.07) is -2.94. The molecule has 0 aromatic heterocycles. The summed E-state index contributed by atoms with van der Waals surface area (Å²) in [5.41, 5.74) is 16.3. The van der Waals surface area contributed by atoms with Gasteiger partial charge in [0.05, 0.1) is 19.0 Å². The number of carbonyl (C=O) groups excluding carboxylic acids is 4. The number of carbonyl (C=O) groups is 5. The largest absolute Gasteiger partial charge is 0.480 e. The summed E-state index contributed by atoms with van der Waals surface area (Å²) in [7, 11) is 0. The van der Waals surface area contributed by atoms with E-state index in [0.29, 0.717) is 38.8 Å². The van der Waals surface area contributed by atoms with E-state index in [4.69, 9.17) is 22.3 Å². The minimum absolute atomic E-state index is 0.323. The first-order valence-electron chi connectivity index (χ1n) is 9.51. The zero-order valence-corrected chi connectivity index (χ0v) is 16.3. The van der Waals surface area contributed by atoms with Gasteiger partial charge in [-0.25, -0.2) is 4.79 Å². The molecule has 1 saturated heterocycles. The Kier molecular flexibility index (Phi) is 10.0. The molecule has 12 nitrogen and oxygen atoms in total. The van der Waals surface area contributed by atoms with Gasteiger partial charge in [0.15, 0.2) is 0 Å². The molecule has 0 aromatic rings. The minimum atomic E-state index is -1.48. The highest BCUT2D eigenvalue weighted by atomic mass is 16.4. The number of primary amides is 1. The molecule has 3 unspecified atom stereocenters.